The van der Waals surface area contributed by atoms with E-state index >= 15 is 0 Å². The first-order chi connectivity index (χ1) is 15.4. The predicted molar refractivity (Wildman–Crippen MR) is 120 cm³/mol. The number of halogens is 2. The summed E-state index contributed by atoms with van der Waals surface area (Å²) in [5.41, 5.74) is 3.46. The van der Waals surface area contributed by atoms with Gasteiger partial charge in [0, 0.05) is 10.0 Å². The van der Waals surface area contributed by atoms with Crippen molar-refractivity contribution in [1.29, 1.82) is 0 Å². The SMILES string of the molecule is O=C(CNC(=O)c1cccc(F)c1)N/N=C/c1ccc(OC(=O)c2ccc(Br)cc2)cc1. The van der Waals surface area contributed by atoms with Crippen LogP contribution in [0.25, 0.3) is 0 Å². The van der Waals surface area contributed by atoms with Crippen LogP contribution in [-0.2, 0) is 4.79 Å². The second-order valence-corrected chi connectivity index (χ2v) is 7.37. The topological polar surface area (TPSA) is 96.9 Å². The number of esters is 1. The van der Waals surface area contributed by atoms with E-state index in [4.69, 9.17) is 4.74 Å². The molecule has 0 unspecified atom stereocenters. The first-order valence-corrected chi connectivity index (χ1v) is 10.1. The van der Waals surface area contributed by atoms with E-state index in [-0.39, 0.29) is 12.1 Å². The summed E-state index contributed by atoms with van der Waals surface area (Å²) in [5.74, 6) is -1.78. The van der Waals surface area contributed by atoms with Crippen LogP contribution in [0.1, 0.15) is 26.3 Å². The molecular formula is C23H17BrFN3O4. The molecule has 3 rings (SSSR count). The molecule has 2 amide bonds. The smallest absolute Gasteiger partial charge is 0.343 e. The summed E-state index contributed by atoms with van der Waals surface area (Å²) in [5, 5.41) is 6.18. The highest BCUT2D eigenvalue weighted by Gasteiger charge is 2.09. The van der Waals surface area contributed by atoms with E-state index in [2.05, 4.69) is 31.8 Å². The number of hydrogen-bond donors (Lipinski definition) is 2. The summed E-state index contributed by atoms with van der Waals surface area (Å²) in [4.78, 5) is 35.8. The van der Waals surface area contributed by atoms with Crippen LogP contribution in [0, 0.1) is 5.82 Å². The first kappa shape index (κ1) is 22.8. The molecule has 0 aliphatic carbocycles. The number of benzene rings is 3. The van der Waals surface area contributed by atoms with Gasteiger partial charge in [0.2, 0.25) is 0 Å². The molecule has 0 aliphatic heterocycles. The van der Waals surface area contributed by atoms with Crippen LogP contribution in [0.2, 0.25) is 0 Å². The Balaban J connectivity index is 1.45. The Labute approximate surface area is 191 Å². The maximum absolute atomic E-state index is 13.1. The van der Waals surface area contributed by atoms with E-state index in [1.807, 2.05) is 0 Å². The quantitative estimate of drug-likeness (QED) is 0.225. The number of ether oxygens (including phenoxy) is 1. The lowest BCUT2D eigenvalue weighted by atomic mass is 10.2. The molecular weight excluding hydrogens is 481 g/mol. The van der Waals surface area contributed by atoms with Crippen molar-refractivity contribution in [3.05, 3.63) is 99.8 Å². The zero-order chi connectivity index (χ0) is 22.9. The van der Waals surface area contributed by atoms with Gasteiger partial charge >= 0.3 is 5.97 Å². The first-order valence-electron chi connectivity index (χ1n) is 9.34. The summed E-state index contributed by atoms with van der Waals surface area (Å²) in [6.45, 7) is -0.322. The Morgan fingerprint density at radius 3 is 2.38 bits per heavy atom. The van der Waals surface area contributed by atoms with Crippen LogP contribution >= 0.6 is 15.9 Å². The van der Waals surface area contributed by atoms with Crippen LogP contribution in [0.4, 0.5) is 4.39 Å². The molecule has 0 spiro atoms. The summed E-state index contributed by atoms with van der Waals surface area (Å²) in [7, 11) is 0. The van der Waals surface area contributed by atoms with Crippen molar-refractivity contribution >= 4 is 39.9 Å². The normalized spacial score (nSPS) is 10.6. The van der Waals surface area contributed by atoms with E-state index in [9.17, 15) is 18.8 Å². The average Bonchev–Trinajstić information content (AvgIpc) is 2.79. The number of rotatable bonds is 7. The summed E-state index contributed by atoms with van der Waals surface area (Å²) in [6, 6.07) is 18.4. The van der Waals surface area contributed by atoms with Crippen LogP contribution in [0.3, 0.4) is 0 Å². The van der Waals surface area contributed by atoms with Crippen LogP contribution in [0.15, 0.2) is 82.4 Å². The lowest BCUT2D eigenvalue weighted by Gasteiger charge is -2.05. The highest BCUT2D eigenvalue weighted by molar-refractivity contribution is 9.10. The number of amides is 2. The molecule has 3 aromatic carbocycles. The number of nitrogens with zero attached hydrogens (tertiary/aromatic N) is 1. The van der Waals surface area contributed by atoms with Crippen molar-refractivity contribution in [2.45, 2.75) is 0 Å². The molecule has 0 radical (unpaired) electrons. The molecule has 0 saturated carbocycles. The zero-order valence-electron chi connectivity index (χ0n) is 16.5. The zero-order valence-corrected chi connectivity index (χ0v) is 18.1. The summed E-state index contributed by atoms with van der Waals surface area (Å²) >= 11 is 3.30. The Morgan fingerprint density at radius 2 is 1.69 bits per heavy atom. The lowest BCUT2D eigenvalue weighted by Crippen LogP contribution is -2.34. The van der Waals surface area contributed by atoms with Crippen LogP contribution in [0.5, 0.6) is 5.75 Å². The second-order valence-electron chi connectivity index (χ2n) is 6.45. The largest absolute Gasteiger partial charge is 0.423 e. The Bertz CT molecular complexity index is 1150. The van der Waals surface area contributed by atoms with Gasteiger partial charge in [-0.2, -0.15) is 5.10 Å². The maximum Gasteiger partial charge on any atom is 0.343 e. The highest BCUT2D eigenvalue weighted by atomic mass is 79.9. The monoisotopic (exact) mass is 497 g/mol. The van der Waals surface area contributed by atoms with Crippen molar-refractivity contribution in [2.75, 3.05) is 6.54 Å². The van der Waals surface area contributed by atoms with Crippen molar-refractivity contribution in [2.24, 2.45) is 5.10 Å². The summed E-state index contributed by atoms with van der Waals surface area (Å²) in [6.07, 6.45) is 1.40. The van der Waals surface area contributed by atoms with Gasteiger partial charge < -0.3 is 10.1 Å². The Kier molecular flexibility index (Phi) is 7.82. The molecule has 7 nitrogen and oxygen atoms in total. The molecule has 0 heterocycles. The van der Waals surface area contributed by atoms with Crippen LogP contribution in [-0.4, -0.2) is 30.5 Å². The Hall–Kier alpha value is -3.85. The van der Waals surface area contributed by atoms with Gasteiger partial charge in [-0.05, 0) is 72.3 Å². The minimum absolute atomic E-state index is 0.113. The molecule has 0 bridgehead atoms. The number of hydrazone groups is 1. The van der Waals surface area contributed by atoms with Gasteiger partial charge in [0.05, 0.1) is 18.3 Å². The number of carbonyl (C=O) groups excluding carboxylic acids is 3. The molecule has 0 atom stereocenters. The fraction of sp³-hybridized carbons (Fsp3) is 0.0435. The van der Waals surface area contributed by atoms with Gasteiger partial charge in [0.25, 0.3) is 11.8 Å². The minimum Gasteiger partial charge on any atom is -0.423 e. The van der Waals surface area contributed by atoms with Gasteiger partial charge in [0.1, 0.15) is 11.6 Å². The highest BCUT2D eigenvalue weighted by Crippen LogP contribution is 2.15. The van der Waals surface area contributed by atoms with E-state index < -0.39 is 23.6 Å². The third-order valence-electron chi connectivity index (χ3n) is 4.07. The van der Waals surface area contributed by atoms with Crippen LogP contribution < -0.4 is 15.5 Å². The average molecular weight is 498 g/mol. The molecule has 162 valence electrons. The van der Waals surface area contributed by atoms with Crippen molar-refractivity contribution in [3.8, 4) is 5.75 Å². The molecule has 0 aromatic heterocycles. The van der Waals surface area contributed by atoms with Gasteiger partial charge in [-0.1, -0.05) is 22.0 Å². The molecule has 2 N–H and O–H groups in total. The van der Waals surface area contributed by atoms with Gasteiger partial charge in [-0.25, -0.2) is 14.6 Å². The van der Waals surface area contributed by atoms with Gasteiger partial charge in [-0.15, -0.1) is 0 Å². The van der Waals surface area contributed by atoms with E-state index in [0.29, 0.717) is 16.9 Å². The number of hydrogen-bond acceptors (Lipinski definition) is 5. The van der Waals surface area contributed by atoms with Crippen molar-refractivity contribution in [3.63, 3.8) is 0 Å². The fourth-order valence-corrected chi connectivity index (χ4v) is 2.75. The lowest BCUT2D eigenvalue weighted by molar-refractivity contribution is -0.120. The van der Waals surface area contributed by atoms with Crippen molar-refractivity contribution < 1.29 is 23.5 Å². The third-order valence-corrected chi connectivity index (χ3v) is 4.60. The minimum atomic E-state index is -0.572. The molecule has 3 aromatic rings. The van der Waals surface area contributed by atoms with E-state index in [1.54, 1.807) is 48.5 Å². The van der Waals surface area contributed by atoms with Crippen molar-refractivity contribution in [1.82, 2.24) is 10.7 Å². The molecule has 32 heavy (non-hydrogen) atoms. The number of nitrogens with one attached hydrogen (secondary N) is 2. The molecule has 0 aliphatic rings. The van der Waals surface area contributed by atoms with Gasteiger partial charge in [0.15, 0.2) is 0 Å². The Morgan fingerprint density at radius 1 is 0.969 bits per heavy atom. The second kappa shape index (κ2) is 11.0. The predicted octanol–water partition coefficient (Wildman–Crippen LogP) is 3.69. The standard InChI is InChI=1S/C23H17BrFN3O4/c24-18-8-6-16(7-9-18)23(31)32-20-10-4-15(5-11-20)13-27-28-21(29)14-26-22(30)17-2-1-3-19(25)12-17/h1-13H,14H2,(H,26,30)(H,28,29)/b27-13+. The molecule has 0 saturated heterocycles. The third kappa shape index (κ3) is 6.85. The van der Waals surface area contributed by atoms with Gasteiger partial charge in [-0.3, -0.25) is 9.59 Å². The molecule has 9 heteroatoms. The van der Waals surface area contributed by atoms with E-state index in [0.717, 1.165) is 10.5 Å². The van der Waals surface area contributed by atoms with E-state index in [1.165, 1.54) is 24.4 Å². The fourth-order valence-electron chi connectivity index (χ4n) is 2.48. The maximum atomic E-state index is 13.1. The number of carbonyl (C=O) groups is 3. The summed E-state index contributed by atoms with van der Waals surface area (Å²) < 4.78 is 19.3. The molecule has 0 fully saturated rings.